The number of hydrogen-bond donors (Lipinski definition) is 2. The highest BCUT2D eigenvalue weighted by Gasteiger charge is 2.12. The fourth-order valence-corrected chi connectivity index (χ4v) is 1.48. The number of anilines is 1. The Morgan fingerprint density at radius 2 is 1.71 bits per heavy atom. The van der Waals surface area contributed by atoms with E-state index < -0.39 is 17.3 Å². The van der Waals surface area contributed by atoms with Crippen LogP contribution in [0, 0.1) is 13.8 Å². The summed E-state index contributed by atoms with van der Waals surface area (Å²) >= 11 is 5.53. The molecule has 0 saturated heterocycles. The minimum Gasteiger partial charge on any atom is -0.308 e. The number of imide groups is 1. The molecule has 5 heteroatoms. The summed E-state index contributed by atoms with van der Waals surface area (Å²) in [6.07, 6.45) is 0. The molecule has 0 aliphatic heterocycles. The van der Waals surface area contributed by atoms with Gasteiger partial charge in [0.15, 0.2) is 0 Å². The van der Waals surface area contributed by atoms with Gasteiger partial charge in [-0.05, 0) is 44.0 Å². The van der Waals surface area contributed by atoms with Gasteiger partial charge >= 0.3 is 6.03 Å². The van der Waals surface area contributed by atoms with Crippen LogP contribution in [0.3, 0.4) is 0 Å². The Kier molecular flexibility index (Phi) is 4.52. The third-order valence-electron chi connectivity index (χ3n) is 2.08. The monoisotopic (exact) mass is 254 g/mol. The molecule has 3 amide bonds. The highest BCUT2D eigenvalue weighted by Crippen LogP contribution is 2.13. The van der Waals surface area contributed by atoms with Gasteiger partial charge in [0.2, 0.25) is 5.91 Å². The lowest BCUT2D eigenvalue weighted by molar-refractivity contribution is -0.119. The van der Waals surface area contributed by atoms with E-state index in [9.17, 15) is 9.59 Å². The van der Waals surface area contributed by atoms with Gasteiger partial charge in [0.25, 0.3) is 0 Å². The fraction of sp³-hybridized carbons (Fsp3) is 0.333. The molecule has 4 nitrogen and oxygen atoms in total. The second-order valence-electron chi connectivity index (χ2n) is 3.94. The van der Waals surface area contributed by atoms with E-state index in [1.54, 1.807) is 0 Å². The zero-order valence-electron chi connectivity index (χ0n) is 10.0. The lowest BCUT2D eigenvalue weighted by atomic mass is 10.1. The van der Waals surface area contributed by atoms with E-state index >= 15 is 0 Å². The second-order valence-corrected chi connectivity index (χ2v) is 4.59. The van der Waals surface area contributed by atoms with E-state index in [0.717, 1.165) is 11.1 Å². The average molecular weight is 255 g/mol. The van der Waals surface area contributed by atoms with Gasteiger partial charge in [-0.25, -0.2) is 4.79 Å². The molecule has 0 spiro atoms. The first kappa shape index (κ1) is 13.5. The minimum absolute atomic E-state index is 0.520. The van der Waals surface area contributed by atoms with Crippen LogP contribution in [0.2, 0.25) is 0 Å². The first-order valence-electron chi connectivity index (χ1n) is 5.22. The number of benzene rings is 1. The van der Waals surface area contributed by atoms with Crippen LogP contribution >= 0.6 is 11.6 Å². The van der Waals surface area contributed by atoms with Crippen molar-refractivity contribution in [3.8, 4) is 0 Å². The molecule has 0 aliphatic carbocycles. The number of carbonyl (C=O) groups excluding carboxylic acids is 2. The Bertz CT molecular complexity index is 424. The van der Waals surface area contributed by atoms with Crippen molar-refractivity contribution in [3.05, 3.63) is 29.3 Å². The molecule has 1 aromatic rings. The van der Waals surface area contributed by atoms with Crippen LogP contribution < -0.4 is 10.6 Å². The number of carbonyl (C=O) groups is 2. The summed E-state index contributed by atoms with van der Waals surface area (Å²) in [4.78, 5) is 22.6. The molecule has 1 unspecified atom stereocenters. The molecular weight excluding hydrogens is 240 g/mol. The van der Waals surface area contributed by atoms with Gasteiger partial charge in [-0.3, -0.25) is 10.1 Å². The molecule has 0 bridgehead atoms. The lowest BCUT2D eigenvalue weighted by Crippen LogP contribution is -2.38. The summed E-state index contributed by atoms with van der Waals surface area (Å²) in [5.41, 5.74) is 2.73. The molecule has 0 fully saturated rings. The highest BCUT2D eigenvalue weighted by atomic mass is 35.5. The molecule has 1 aromatic carbocycles. The zero-order valence-corrected chi connectivity index (χ0v) is 10.8. The average Bonchev–Trinajstić information content (AvgIpc) is 2.14. The molecule has 0 heterocycles. The number of rotatable bonds is 2. The summed E-state index contributed by atoms with van der Waals surface area (Å²) in [5, 5.41) is 3.99. The van der Waals surface area contributed by atoms with Gasteiger partial charge in [-0.15, -0.1) is 11.6 Å². The van der Waals surface area contributed by atoms with Crippen molar-refractivity contribution in [2.24, 2.45) is 0 Å². The predicted molar refractivity (Wildman–Crippen MR) is 68.4 cm³/mol. The largest absolute Gasteiger partial charge is 0.325 e. The van der Waals surface area contributed by atoms with Crippen LogP contribution in [-0.4, -0.2) is 17.3 Å². The molecule has 1 atom stereocenters. The van der Waals surface area contributed by atoms with Gasteiger partial charge < -0.3 is 5.32 Å². The number of alkyl halides is 1. The van der Waals surface area contributed by atoms with Gasteiger partial charge in [0.05, 0.1) is 0 Å². The van der Waals surface area contributed by atoms with Crippen LogP contribution in [-0.2, 0) is 4.79 Å². The van der Waals surface area contributed by atoms with Crippen molar-refractivity contribution in [1.29, 1.82) is 0 Å². The Morgan fingerprint density at radius 1 is 1.18 bits per heavy atom. The molecule has 2 N–H and O–H groups in total. The maximum absolute atomic E-state index is 11.4. The fourth-order valence-electron chi connectivity index (χ4n) is 1.42. The molecule has 0 aromatic heterocycles. The smallest absolute Gasteiger partial charge is 0.308 e. The molecule has 17 heavy (non-hydrogen) atoms. The molecule has 0 radical (unpaired) electrons. The van der Waals surface area contributed by atoms with Crippen LogP contribution in [0.1, 0.15) is 18.1 Å². The summed E-state index contributed by atoms with van der Waals surface area (Å²) in [6.45, 7) is 5.37. The van der Waals surface area contributed by atoms with E-state index in [1.807, 2.05) is 32.0 Å². The SMILES string of the molecule is Cc1cc(C)cc(NC(=O)NC(=O)C(C)Cl)c1. The zero-order chi connectivity index (χ0) is 13.0. The van der Waals surface area contributed by atoms with E-state index in [0.29, 0.717) is 5.69 Å². The van der Waals surface area contributed by atoms with Crippen molar-refractivity contribution >= 4 is 29.2 Å². The van der Waals surface area contributed by atoms with Gasteiger partial charge in [-0.1, -0.05) is 6.07 Å². The van der Waals surface area contributed by atoms with E-state index in [4.69, 9.17) is 11.6 Å². The molecule has 0 aliphatic rings. The summed E-state index contributed by atoms with van der Waals surface area (Å²) < 4.78 is 0. The summed E-state index contributed by atoms with van der Waals surface area (Å²) in [7, 11) is 0. The van der Waals surface area contributed by atoms with Crippen molar-refractivity contribution in [3.63, 3.8) is 0 Å². The van der Waals surface area contributed by atoms with Gasteiger partial charge in [-0.2, -0.15) is 0 Å². The second kappa shape index (κ2) is 5.68. The van der Waals surface area contributed by atoms with Crippen LogP contribution in [0.15, 0.2) is 18.2 Å². The van der Waals surface area contributed by atoms with Crippen molar-refractivity contribution in [1.82, 2.24) is 5.32 Å². The number of aryl methyl sites for hydroxylation is 2. The number of hydrogen-bond acceptors (Lipinski definition) is 2. The Hall–Kier alpha value is -1.55. The third kappa shape index (κ3) is 4.44. The van der Waals surface area contributed by atoms with Crippen molar-refractivity contribution < 1.29 is 9.59 Å². The van der Waals surface area contributed by atoms with Crippen LogP contribution in [0.5, 0.6) is 0 Å². The molecule has 0 saturated carbocycles. The third-order valence-corrected chi connectivity index (χ3v) is 2.28. The Balaban J connectivity index is 2.65. The first-order chi connectivity index (χ1) is 7.88. The number of nitrogens with one attached hydrogen (secondary N) is 2. The minimum atomic E-state index is -0.736. The molecular formula is C12H15ClN2O2. The Morgan fingerprint density at radius 3 is 2.18 bits per heavy atom. The number of urea groups is 1. The maximum atomic E-state index is 11.4. The van der Waals surface area contributed by atoms with Crippen molar-refractivity contribution in [2.45, 2.75) is 26.1 Å². The number of amides is 3. The topological polar surface area (TPSA) is 58.2 Å². The standard InChI is InChI=1S/C12H15ClN2O2/c1-7-4-8(2)6-10(5-7)14-12(17)15-11(16)9(3)13/h4-6,9H,1-3H3,(H2,14,15,16,17). The predicted octanol–water partition coefficient (Wildman–Crippen LogP) is 2.58. The van der Waals surface area contributed by atoms with Crippen LogP contribution in [0.25, 0.3) is 0 Å². The summed E-state index contributed by atoms with van der Waals surface area (Å²) in [5.74, 6) is -0.520. The molecule has 92 valence electrons. The van der Waals surface area contributed by atoms with Crippen molar-refractivity contribution in [2.75, 3.05) is 5.32 Å². The lowest BCUT2D eigenvalue weighted by Gasteiger charge is -2.09. The van der Waals surface area contributed by atoms with E-state index in [2.05, 4.69) is 10.6 Å². The summed E-state index contributed by atoms with van der Waals surface area (Å²) in [6, 6.07) is 5.06. The van der Waals surface area contributed by atoms with Gasteiger partial charge in [0.1, 0.15) is 5.38 Å². The maximum Gasteiger partial charge on any atom is 0.325 e. The highest BCUT2D eigenvalue weighted by molar-refractivity contribution is 6.31. The van der Waals surface area contributed by atoms with E-state index in [-0.39, 0.29) is 0 Å². The van der Waals surface area contributed by atoms with Gasteiger partial charge in [0, 0.05) is 5.69 Å². The first-order valence-corrected chi connectivity index (χ1v) is 5.66. The van der Waals surface area contributed by atoms with Crippen LogP contribution in [0.4, 0.5) is 10.5 Å². The van der Waals surface area contributed by atoms with E-state index in [1.165, 1.54) is 6.92 Å². The molecule has 1 rings (SSSR count). The number of halogens is 1. The quantitative estimate of drug-likeness (QED) is 0.797. The normalized spacial score (nSPS) is 11.8. The Labute approximate surface area is 105 Å².